The maximum Gasteiger partial charge on any atom is 0.408 e. The SMILES string of the molecule is C=Cc1cccc(C(C(=O)NC(C)(C)C)N(C(=O)C(CO)NC(=O)OC(C)(C)C)C(C)CC)c1. The van der Waals surface area contributed by atoms with E-state index in [-0.39, 0.29) is 11.9 Å². The van der Waals surface area contributed by atoms with Gasteiger partial charge in [0.2, 0.25) is 11.8 Å². The Bertz CT molecular complexity index is 870. The number of rotatable bonds is 9. The van der Waals surface area contributed by atoms with E-state index in [0.717, 1.165) is 5.56 Å². The van der Waals surface area contributed by atoms with E-state index in [9.17, 15) is 19.5 Å². The van der Waals surface area contributed by atoms with Gasteiger partial charge in [0.15, 0.2) is 0 Å². The summed E-state index contributed by atoms with van der Waals surface area (Å²) in [5, 5.41) is 15.4. The fourth-order valence-corrected chi connectivity index (χ4v) is 3.34. The molecule has 0 aromatic heterocycles. The molecule has 0 fully saturated rings. The molecule has 1 aromatic rings. The van der Waals surface area contributed by atoms with Crippen molar-refractivity contribution < 1.29 is 24.2 Å². The number of nitrogens with one attached hydrogen (secondary N) is 2. The summed E-state index contributed by atoms with van der Waals surface area (Å²) in [6, 6.07) is 4.59. The molecule has 0 aliphatic heterocycles. The number of aliphatic hydroxyl groups excluding tert-OH is 1. The van der Waals surface area contributed by atoms with Crippen LogP contribution in [0, 0.1) is 0 Å². The highest BCUT2D eigenvalue weighted by molar-refractivity contribution is 5.92. The van der Waals surface area contributed by atoms with Crippen LogP contribution in [-0.4, -0.2) is 57.7 Å². The molecule has 1 aromatic carbocycles. The number of carbonyl (C=O) groups excluding carboxylic acids is 3. The summed E-state index contributed by atoms with van der Waals surface area (Å²) in [5.41, 5.74) is 0.0831. The first-order chi connectivity index (χ1) is 15.6. The van der Waals surface area contributed by atoms with Gasteiger partial charge >= 0.3 is 6.09 Å². The number of benzene rings is 1. The van der Waals surface area contributed by atoms with Crippen molar-refractivity contribution in [3.63, 3.8) is 0 Å². The van der Waals surface area contributed by atoms with Crippen LogP contribution in [0.25, 0.3) is 6.08 Å². The Balaban J connectivity index is 3.52. The molecule has 1 rings (SSSR count). The number of alkyl carbamates (subject to hydrolysis) is 1. The Morgan fingerprint density at radius 1 is 1.18 bits per heavy atom. The van der Waals surface area contributed by atoms with Crippen LogP contribution in [0.2, 0.25) is 0 Å². The largest absolute Gasteiger partial charge is 0.444 e. The zero-order valence-electron chi connectivity index (χ0n) is 21.8. The van der Waals surface area contributed by atoms with Crippen LogP contribution in [-0.2, 0) is 14.3 Å². The van der Waals surface area contributed by atoms with E-state index >= 15 is 0 Å². The van der Waals surface area contributed by atoms with Gasteiger partial charge in [-0.25, -0.2) is 4.79 Å². The molecule has 0 spiro atoms. The van der Waals surface area contributed by atoms with E-state index in [4.69, 9.17) is 4.74 Å². The molecular weight excluding hydrogens is 434 g/mol. The molecule has 0 saturated heterocycles. The zero-order chi connectivity index (χ0) is 26.3. The van der Waals surface area contributed by atoms with Gasteiger partial charge in [0.05, 0.1) is 6.61 Å². The van der Waals surface area contributed by atoms with Gasteiger partial charge in [-0.2, -0.15) is 0 Å². The predicted molar refractivity (Wildman–Crippen MR) is 134 cm³/mol. The standard InChI is InChI=1S/C26H41N3O5/c1-10-17(3)29(23(32)20(16-30)27-24(33)34-26(7,8)9)21(22(31)28-25(4,5)6)19-14-12-13-18(11-2)15-19/h11-15,17,20-21,30H,2,10,16H2,1,3-9H3,(H,27,33)(H,28,31). The summed E-state index contributed by atoms with van der Waals surface area (Å²) in [7, 11) is 0. The molecule has 8 heteroatoms. The third-order valence-corrected chi connectivity index (χ3v) is 4.98. The number of hydrogen-bond donors (Lipinski definition) is 3. The number of ether oxygens (including phenoxy) is 1. The van der Waals surface area contributed by atoms with E-state index in [1.807, 2.05) is 40.7 Å². The smallest absolute Gasteiger partial charge is 0.408 e. The summed E-state index contributed by atoms with van der Waals surface area (Å²) < 4.78 is 5.25. The molecule has 3 N–H and O–H groups in total. The second-order valence-electron chi connectivity index (χ2n) is 10.4. The second kappa shape index (κ2) is 12.0. The lowest BCUT2D eigenvalue weighted by Crippen LogP contribution is -2.57. The van der Waals surface area contributed by atoms with Crippen molar-refractivity contribution in [1.82, 2.24) is 15.5 Å². The summed E-state index contributed by atoms with van der Waals surface area (Å²) >= 11 is 0. The van der Waals surface area contributed by atoms with E-state index in [1.165, 1.54) is 4.90 Å². The average Bonchev–Trinajstić information content (AvgIpc) is 2.72. The van der Waals surface area contributed by atoms with Crippen molar-refractivity contribution >= 4 is 24.0 Å². The minimum atomic E-state index is -1.28. The van der Waals surface area contributed by atoms with Gasteiger partial charge < -0.3 is 25.4 Å². The molecule has 3 amide bonds. The first-order valence-corrected chi connectivity index (χ1v) is 11.6. The molecule has 3 unspecified atom stereocenters. The second-order valence-corrected chi connectivity index (χ2v) is 10.4. The summed E-state index contributed by atoms with van der Waals surface area (Å²) in [4.78, 5) is 41.0. The van der Waals surface area contributed by atoms with Crippen molar-refractivity contribution in [3.05, 3.63) is 42.0 Å². The van der Waals surface area contributed by atoms with E-state index in [2.05, 4.69) is 17.2 Å². The average molecular weight is 476 g/mol. The molecule has 190 valence electrons. The van der Waals surface area contributed by atoms with Crippen LogP contribution in [0.3, 0.4) is 0 Å². The van der Waals surface area contributed by atoms with Crippen LogP contribution in [0.5, 0.6) is 0 Å². The number of nitrogens with zero attached hydrogens (tertiary/aromatic N) is 1. The lowest BCUT2D eigenvalue weighted by atomic mass is 9.97. The number of carbonyl (C=O) groups is 3. The summed E-state index contributed by atoms with van der Waals surface area (Å²) in [5.74, 6) is -0.947. The molecule has 3 atom stereocenters. The summed E-state index contributed by atoms with van der Waals surface area (Å²) in [6.07, 6.45) is 1.39. The van der Waals surface area contributed by atoms with Gasteiger partial charge in [0.1, 0.15) is 17.7 Å². The molecule has 0 bridgehead atoms. The normalized spacial score (nSPS) is 14.4. The van der Waals surface area contributed by atoms with Crippen molar-refractivity contribution in [2.75, 3.05) is 6.61 Å². The predicted octanol–water partition coefficient (Wildman–Crippen LogP) is 3.80. The molecule has 0 aliphatic rings. The van der Waals surface area contributed by atoms with Crippen LogP contribution in [0.1, 0.15) is 79.0 Å². The first-order valence-electron chi connectivity index (χ1n) is 11.6. The van der Waals surface area contributed by atoms with Crippen molar-refractivity contribution in [1.29, 1.82) is 0 Å². The van der Waals surface area contributed by atoms with Gasteiger partial charge in [-0.15, -0.1) is 0 Å². The maximum absolute atomic E-state index is 13.7. The van der Waals surface area contributed by atoms with E-state index < -0.39 is 41.8 Å². The van der Waals surface area contributed by atoms with Gasteiger partial charge in [-0.05, 0) is 72.1 Å². The van der Waals surface area contributed by atoms with Crippen LogP contribution >= 0.6 is 0 Å². The van der Waals surface area contributed by atoms with Gasteiger partial charge in [0.25, 0.3) is 0 Å². The fourth-order valence-electron chi connectivity index (χ4n) is 3.34. The Hall–Kier alpha value is -2.87. The molecule has 0 heterocycles. The van der Waals surface area contributed by atoms with E-state index in [1.54, 1.807) is 45.0 Å². The number of amides is 3. The highest BCUT2D eigenvalue weighted by atomic mass is 16.6. The third kappa shape index (κ3) is 8.82. The molecule has 0 aliphatic carbocycles. The Kier molecular flexibility index (Phi) is 10.3. The molecule has 34 heavy (non-hydrogen) atoms. The molecule has 0 radical (unpaired) electrons. The Morgan fingerprint density at radius 2 is 1.79 bits per heavy atom. The summed E-state index contributed by atoms with van der Waals surface area (Å²) in [6.45, 7) is 17.6. The lowest BCUT2D eigenvalue weighted by molar-refractivity contribution is -0.146. The van der Waals surface area contributed by atoms with Gasteiger partial charge in [-0.3, -0.25) is 9.59 Å². The first kappa shape index (κ1) is 29.2. The molecular formula is C26H41N3O5. The van der Waals surface area contributed by atoms with Crippen molar-refractivity contribution in [3.8, 4) is 0 Å². The van der Waals surface area contributed by atoms with E-state index in [0.29, 0.717) is 12.0 Å². The van der Waals surface area contributed by atoms with Gasteiger partial charge in [0, 0.05) is 11.6 Å². The lowest BCUT2D eigenvalue weighted by Gasteiger charge is -2.39. The Morgan fingerprint density at radius 3 is 2.26 bits per heavy atom. The number of hydrogen-bond acceptors (Lipinski definition) is 5. The quantitative estimate of drug-likeness (QED) is 0.504. The van der Waals surface area contributed by atoms with Crippen LogP contribution in [0.15, 0.2) is 30.8 Å². The third-order valence-electron chi connectivity index (χ3n) is 4.98. The Labute approximate surface area is 203 Å². The van der Waals surface area contributed by atoms with Crippen molar-refractivity contribution in [2.45, 2.75) is 91.1 Å². The molecule has 8 nitrogen and oxygen atoms in total. The zero-order valence-corrected chi connectivity index (χ0v) is 21.8. The topological polar surface area (TPSA) is 108 Å². The highest BCUT2D eigenvalue weighted by Crippen LogP contribution is 2.28. The number of aliphatic hydroxyl groups is 1. The van der Waals surface area contributed by atoms with Crippen LogP contribution in [0.4, 0.5) is 4.79 Å². The fraction of sp³-hybridized carbons (Fsp3) is 0.577. The minimum Gasteiger partial charge on any atom is -0.444 e. The maximum atomic E-state index is 13.7. The van der Waals surface area contributed by atoms with Crippen molar-refractivity contribution in [2.24, 2.45) is 0 Å². The minimum absolute atomic E-state index is 0.365. The van der Waals surface area contributed by atoms with Gasteiger partial charge in [-0.1, -0.05) is 37.8 Å². The monoisotopic (exact) mass is 475 g/mol. The van der Waals surface area contributed by atoms with Crippen LogP contribution < -0.4 is 10.6 Å². The highest BCUT2D eigenvalue weighted by Gasteiger charge is 2.39. The molecule has 0 saturated carbocycles.